The van der Waals surface area contributed by atoms with Crippen LogP contribution in [-0.2, 0) is 14.3 Å². The number of nitrogens with one attached hydrogen (secondary N) is 1. The van der Waals surface area contributed by atoms with Gasteiger partial charge in [-0.15, -0.1) is 0 Å². The van der Waals surface area contributed by atoms with E-state index < -0.39 is 23.8 Å². The minimum Gasteiger partial charge on any atom is -0.492 e. The van der Waals surface area contributed by atoms with Crippen molar-refractivity contribution >= 4 is 23.6 Å². The van der Waals surface area contributed by atoms with Crippen LogP contribution >= 0.6 is 0 Å². The van der Waals surface area contributed by atoms with Crippen molar-refractivity contribution in [1.29, 1.82) is 0 Å². The second-order valence-electron chi connectivity index (χ2n) is 5.35. The molecule has 0 fully saturated rings. The Balaban J connectivity index is 1.94. The molecule has 0 aliphatic heterocycles. The SMILES string of the molecule is CCOc1ccccc1NC(=O)[C@@H](C)OC(=O)/C=C/c1ccccc1F. The highest BCUT2D eigenvalue weighted by atomic mass is 19.1. The Bertz CT molecular complexity index is 804. The monoisotopic (exact) mass is 357 g/mol. The number of benzene rings is 2. The maximum absolute atomic E-state index is 13.5. The summed E-state index contributed by atoms with van der Waals surface area (Å²) in [5.41, 5.74) is 0.747. The van der Waals surface area contributed by atoms with Gasteiger partial charge in [0.1, 0.15) is 11.6 Å². The van der Waals surface area contributed by atoms with Gasteiger partial charge >= 0.3 is 5.97 Å². The minimum atomic E-state index is -1.03. The van der Waals surface area contributed by atoms with Gasteiger partial charge in [-0.1, -0.05) is 30.3 Å². The summed E-state index contributed by atoms with van der Waals surface area (Å²) in [6.07, 6.45) is 1.35. The molecule has 0 heterocycles. The van der Waals surface area contributed by atoms with E-state index in [1.807, 2.05) is 6.92 Å². The summed E-state index contributed by atoms with van der Waals surface area (Å²) >= 11 is 0. The molecule has 1 atom stereocenters. The lowest BCUT2D eigenvalue weighted by atomic mass is 10.2. The van der Waals surface area contributed by atoms with Crippen LogP contribution in [0.1, 0.15) is 19.4 Å². The van der Waals surface area contributed by atoms with E-state index in [2.05, 4.69) is 5.32 Å². The van der Waals surface area contributed by atoms with E-state index in [0.717, 1.165) is 6.08 Å². The number of hydrogen-bond acceptors (Lipinski definition) is 4. The van der Waals surface area contributed by atoms with Crippen molar-refractivity contribution in [3.05, 3.63) is 66.0 Å². The van der Waals surface area contributed by atoms with Crippen molar-refractivity contribution in [2.24, 2.45) is 0 Å². The molecule has 0 unspecified atom stereocenters. The van der Waals surface area contributed by atoms with E-state index in [0.29, 0.717) is 18.0 Å². The molecule has 26 heavy (non-hydrogen) atoms. The van der Waals surface area contributed by atoms with Gasteiger partial charge in [0.15, 0.2) is 6.10 Å². The average molecular weight is 357 g/mol. The minimum absolute atomic E-state index is 0.257. The fourth-order valence-electron chi connectivity index (χ4n) is 2.12. The number of halogens is 1. The Labute approximate surface area is 151 Å². The maximum Gasteiger partial charge on any atom is 0.331 e. The first kappa shape index (κ1) is 19.2. The Hall–Kier alpha value is -3.15. The molecule has 0 saturated carbocycles. The summed E-state index contributed by atoms with van der Waals surface area (Å²) in [5.74, 6) is -1.16. The predicted octanol–water partition coefficient (Wildman–Crippen LogP) is 3.81. The van der Waals surface area contributed by atoms with Crippen LogP contribution in [0.3, 0.4) is 0 Å². The molecule has 0 aromatic heterocycles. The first-order valence-electron chi connectivity index (χ1n) is 8.17. The van der Waals surface area contributed by atoms with E-state index in [-0.39, 0.29) is 5.56 Å². The van der Waals surface area contributed by atoms with Crippen LogP contribution in [0.4, 0.5) is 10.1 Å². The summed E-state index contributed by atoms with van der Waals surface area (Å²) < 4.78 is 24.0. The highest BCUT2D eigenvalue weighted by Gasteiger charge is 2.18. The van der Waals surface area contributed by atoms with Crippen LogP contribution in [0, 0.1) is 5.82 Å². The van der Waals surface area contributed by atoms with E-state index >= 15 is 0 Å². The summed E-state index contributed by atoms with van der Waals surface area (Å²) in [4.78, 5) is 24.0. The van der Waals surface area contributed by atoms with Crippen LogP contribution in [0.2, 0.25) is 0 Å². The lowest BCUT2D eigenvalue weighted by Crippen LogP contribution is -2.29. The van der Waals surface area contributed by atoms with Crippen molar-refractivity contribution in [2.75, 3.05) is 11.9 Å². The molecule has 0 spiro atoms. The zero-order valence-electron chi connectivity index (χ0n) is 14.6. The molecule has 6 heteroatoms. The molecule has 136 valence electrons. The number of amides is 1. The molecule has 0 saturated heterocycles. The summed E-state index contributed by atoms with van der Waals surface area (Å²) in [5, 5.41) is 2.66. The van der Waals surface area contributed by atoms with Gasteiger partial charge in [0.25, 0.3) is 5.91 Å². The molecular weight excluding hydrogens is 337 g/mol. The van der Waals surface area contributed by atoms with E-state index in [1.54, 1.807) is 36.4 Å². The summed E-state index contributed by atoms with van der Waals surface area (Å²) in [7, 11) is 0. The average Bonchev–Trinajstić information content (AvgIpc) is 2.63. The van der Waals surface area contributed by atoms with Crippen LogP contribution in [0.15, 0.2) is 54.6 Å². The summed E-state index contributed by atoms with van der Waals surface area (Å²) in [6.45, 7) is 3.75. The number of esters is 1. The van der Waals surface area contributed by atoms with Crippen molar-refractivity contribution in [3.8, 4) is 5.75 Å². The molecule has 5 nitrogen and oxygen atoms in total. The Morgan fingerprint density at radius 2 is 1.85 bits per heavy atom. The van der Waals surface area contributed by atoms with Crippen LogP contribution in [0.25, 0.3) is 6.08 Å². The Morgan fingerprint density at radius 3 is 2.58 bits per heavy atom. The number of carbonyl (C=O) groups excluding carboxylic acids is 2. The number of rotatable bonds is 7. The van der Waals surface area contributed by atoms with Crippen molar-refractivity contribution in [1.82, 2.24) is 0 Å². The zero-order valence-corrected chi connectivity index (χ0v) is 14.6. The van der Waals surface area contributed by atoms with E-state index in [9.17, 15) is 14.0 Å². The summed E-state index contributed by atoms with van der Waals surface area (Å²) in [6, 6.07) is 13.0. The van der Waals surface area contributed by atoms with Crippen LogP contribution in [-0.4, -0.2) is 24.6 Å². The third-order valence-electron chi connectivity index (χ3n) is 3.41. The predicted molar refractivity (Wildman–Crippen MR) is 97.2 cm³/mol. The lowest BCUT2D eigenvalue weighted by Gasteiger charge is -2.15. The smallest absolute Gasteiger partial charge is 0.331 e. The lowest BCUT2D eigenvalue weighted by molar-refractivity contribution is -0.148. The highest BCUT2D eigenvalue weighted by Crippen LogP contribution is 2.23. The first-order chi connectivity index (χ1) is 12.5. The van der Waals surface area contributed by atoms with Crippen LogP contribution in [0.5, 0.6) is 5.75 Å². The van der Waals surface area contributed by atoms with Gasteiger partial charge in [-0.2, -0.15) is 0 Å². The van der Waals surface area contributed by atoms with Gasteiger partial charge in [-0.3, -0.25) is 4.79 Å². The molecule has 2 rings (SSSR count). The fraction of sp³-hybridized carbons (Fsp3) is 0.200. The number of hydrogen-bond donors (Lipinski definition) is 1. The molecule has 0 aliphatic rings. The van der Waals surface area contributed by atoms with E-state index in [1.165, 1.54) is 25.1 Å². The number of anilines is 1. The van der Waals surface area contributed by atoms with Crippen molar-refractivity contribution < 1.29 is 23.5 Å². The Morgan fingerprint density at radius 1 is 1.15 bits per heavy atom. The van der Waals surface area contributed by atoms with E-state index in [4.69, 9.17) is 9.47 Å². The highest BCUT2D eigenvalue weighted by molar-refractivity contribution is 5.97. The largest absolute Gasteiger partial charge is 0.492 e. The molecule has 2 aromatic carbocycles. The van der Waals surface area contributed by atoms with Gasteiger partial charge in [0.2, 0.25) is 0 Å². The number of para-hydroxylation sites is 2. The van der Waals surface area contributed by atoms with Gasteiger partial charge in [0, 0.05) is 11.6 Å². The van der Waals surface area contributed by atoms with Gasteiger partial charge in [0.05, 0.1) is 12.3 Å². The third-order valence-corrected chi connectivity index (χ3v) is 3.41. The normalized spacial score (nSPS) is 11.8. The molecule has 0 aliphatic carbocycles. The molecule has 1 amide bonds. The fourth-order valence-corrected chi connectivity index (χ4v) is 2.12. The van der Waals surface area contributed by atoms with Gasteiger partial charge in [-0.05, 0) is 38.1 Å². The molecule has 0 bridgehead atoms. The first-order valence-corrected chi connectivity index (χ1v) is 8.17. The van der Waals surface area contributed by atoms with Gasteiger partial charge < -0.3 is 14.8 Å². The zero-order chi connectivity index (χ0) is 18.9. The molecule has 0 radical (unpaired) electrons. The topological polar surface area (TPSA) is 64.6 Å². The van der Waals surface area contributed by atoms with Crippen LogP contribution < -0.4 is 10.1 Å². The molecule has 1 N–H and O–H groups in total. The second-order valence-corrected chi connectivity index (χ2v) is 5.35. The maximum atomic E-state index is 13.5. The second kappa shape index (κ2) is 9.36. The quantitative estimate of drug-likeness (QED) is 0.605. The van der Waals surface area contributed by atoms with Gasteiger partial charge in [-0.25, -0.2) is 9.18 Å². The number of carbonyl (C=O) groups is 2. The standard InChI is InChI=1S/C20H20FNO4/c1-3-25-18-11-7-6-10-17(18)22-20(24)14(2)26-19(23)13-12-15-8-4-5-9-16(15)21/h4-14H,3H2,1-2H3,(H,22,24)/b13-12+/t14-/m1/s1. The molecule has 2 aromatic rings. The third kappa shape index (κ3) is 5.44. The Kier molecular flexibility index (Phi) is 6.91. The van der Waals surface area contributed by atoms with Crippen molar-refractivity contribution in [3.63, 3.8) is 0 Å². The number of ether oxygens (including phenoxy) is 2. The van der Waals surface area contributed by atoms with Crippen molar-refractivity contribution in [2.45, 2.75) is 20.0 Å². The molecular formula is C20H20FNO4.